The standard InChI is InChI=1S/C23H19F3N6O3S/c1-22(2)20(34)32(15-3-5-16(6-4-15)36-23(24,25)26)21(35)31(22)13-14-7-8-29-18(11-14)30-19(33)17-12-27-9-10-28-17/h3-12H,13H2,1-2H3,(H,29,30,33). The van der Waals surface area contributed by atoms with E-state index in [2.05, 4.69) is 20.3 Å². The molecule has 3 heterocycles. The molecule has 0 bridgehead atoms. The van der Waals surface area contributed by atoms with Gasteiger partial charge in [0.05, 0.1) is 11.9 Å². The van der Waals surface area contributed by atoms with Crippen molar-refractivity contribution in [2.45, 2.75) is 36.3 Å². The van der Waals surface area contributed by atoms with Crippen LogP contribution in [0.3, 0.4) is 0 Å². The van der Waals surface area contributed by atoms with Crippen molar-refractivity contribution in [3.63, 3.8) is 0 Å². The van der Waals surface area contributed by atoms with E-state index in [4.69, 9.17) is 0 Å². The maximum atomic E-state index is 13.2. The highest BCUT2D eigenvalue weighted by Crippen LogP contribution is 2.39. The minimum Gasteiger partial charge on any atom is -0.305 e. The van der Waals surface area contributed by atoms with E-state index in [1.165, 1.54) is 54.0 Å². The number of pyridine rings is 1. The molecule has 4 amide bonds. The monoisotopic (exact) mass is 516 g/mol. The molecule has 1 fully saturated rings. The first kappa shape index (κ1) is 25.1. The fraction of sp³-hybridized carbons (Fsp3) is 0.217. The normalized spacial score (nSPS) is 15.4. The second-order valence-electron chi connectivity index (χ2n) is 8.20. The van der Waals surface area contributed by atoms with E-state index in [9.17, 15) is 27.6 Å². The van der Waals surface area contributed by atoms with Gasteiger partial charge in [-0.25, -0.2) is 19.7 Å². The van der Waals surface area contributed by atoms with Gasteiger partial charge in [-0.05, 0) is 67.6 Å². The number of thioether (sulfide) groups is 1. The van der Waals surface area contributed by atoms with Crippen molar-refractivity contribution in [2.75, 3.05) is 10.2 Å². The van der Waals surface area contributed by atoms with Gasteiger partial charge in [0.2, 0.25) is 0 Å². The summed E-state index contributed by atoms with van der Waals surface area (Å²) < 4.78 is 37.8. The lowest BCUT2D eigenvalue weighted by Crippen LogP contribution is -2.43. The molecule has 0 unspecified atom stereocenters. The second kappa shape index (κ2) is 9.57. The van der Waals surface area contributed by atoms with E-state index < -0.39 is 28.9 Å². The van der Waals surface area contributed by atoms with E-state index in [0.717, 1.165) is 4.90 Å². The Morgan fingerprint density at radius 3 is 2.42 bits per heavy atom. The van der Waals surface area contributed by atoms with Crippen molar-refractivity contribution in [3.05, 3.63) is 72.4 Å². The molecule has 1 aliphatic heterocycles. The summed E-state index contributed by atoms with van der Waals surface area (Å²) in [7, 11) is 0. The minimum atomic E-state index is -4.45. The molecule has 0 atom stereocenters. The smallest absolute Gasteiger partial charge is 0.305 e. The molecule has 0 aliphatic carbocycles. The van der Waals surface area contributed by atoms with Crippen LogP contribution in [0.25, 0.3) is 0 Å². The summed E-state index contributed by atoms with van der Waals surface area (Å²) in [6.45, 7) is 3.19. The average molecular weight is 517 g/mol. The molecule has 2 aromatic heterocycles. The number of nitrogens with one attached hydrogen (secondary N) is 1. The highest BCUT2D eigenvalue weighted by Gasteiger charge is 2.51. The van der Waals surface area contributed by atoms with Gasteiger partial charge in [0.1, 0.15) is 17.1 Å². The van der Waals surface area contributed by atoms with Crippen LogP contribution in [0, 0.1) is 0 Å². The van der Waals surface area contributed by atoms with Crippen LogP contribution in [0.4, 0.5) is 29.5 Å². The van der Waals surface area contributed by atoms with E-state index in [1.807, 2.05) is 0 Å². The maximum Gasteiger partial charge on any atom is 0.446 e. The number of anilines is 2. The topological polar surface area (TPSA) is 108 Å². The number of rotatable bonds is 6. The number of aromatic nitrogens is 3. The zero-order valence-electron chi connectivity index (χ0n) is 19.0. The lowest BCUT2D eigenvalue weighted by molar-refractivity contribution is -0.123. The van der Waals surface area contributed by atoms with Gasteiger partial charge in [0.15, 0.2) is 0 Å². The summed E-state index contributed by atoms with van der Waals surface area (Å²) in [5, 5.41) is 2.60. The van der Waals surface area contributed by atoms with Gasteiger partial charge in [-0.15, -0.1) is 0 Å². The molecule has 1 N–H and O–H groups in total. The van der Waals surface area contributed by atoms with E-state index >= 15 is 0 Å². The molecular formula is C23H19F3N6O3S. The van der Waals surface area contributed by atoms with Crippen LogP contribution >= 0.6 is 11.8 Å². The molecule has 0 radical (unpaired) electrons. The van der Waals surface area contributed by atoms with Crippen molar-refractivity contribution in [1.82, 2.24) is 19.9 Å². The molecule has 1 saturated heterocycles. The van der Waals surface area contributed by atoms with Crippen LogP contribution in [0.1, 0.15) is 29.9 Å². The van der Waals surface area contributed by atoms with Gasteiger partial charge in [0, 0.05) is 30.0 Å². The minimum absolute atomic E-state index is 0.0205. The summed E-state index contributed by atoms with van der Waals surface area (Å²) in [6.07, 6.45) is 5.57. The van der Waals surface area contributed by atoms with Gasteiger partial charge in [-0.3, -0.25) is 14.6 Å². The zero-order valence-corrected chi connectivity index (χ0v) is 19.8. The Balaban J connectivity index is 1.52. The number of carbonyl (C=O) groups is 3. The Labute approximate surface area is 207 Å². The quantitative estimate of drug-likeness (QED) is 0.380. The Hall–Kier alpha value is -4.00. The molecule has 4 rings (SSSR count). The number of imide groups is 1. The largest absolute Gasteiger partial charge is 0.446 e. The lowest BCUT2D eigenvalue weighted by Gasteiger charge is -2.27. The number of benzene rings is 1. The van der Waals surface area contributed by atoms with Crippen molar-refractivity contribution in [2.24, 2.45) is 0 Å². The zero-order chi connectivity index (χ0) is 26.1. The Kier molecular flexibility index (Phi) is 6.67. The highest BCUT2D eigenvalue weighted by molar-refractivity contribution is 8.00. The molecular weight excluding hydrogens is 497 g/mol. The SMILES string of the molecule is CC1(C)C(=O)N(c2ccc(SC(F)(F)F)cc2)C(=O)N1Cc1ccnc(NC(=O)c2cnccn2)c1. The third-order valence-electron chi connectivity index (χ3n) is 5.35. The number of carbonyl (C=O) groups excluding carboxylic acids is 3. The summed E-state index contributed by atoms with van der Waals surface area (Å²) in [4.78, 5) is 52.8. The van der Waals surface area contributed by atoms with Gasteiger partial charge in [-0.2, -0.15) is 13.2 Å². The van der Waals surface area contributed by atoms with Crippen molar-refractivity contribution in [1.29, 1.82) is 0 Å². The summed E-state index contributed by atoms with van der Waals surface area (Å²) >= 11 is -0.282. The Morgan fingerprint density at radius 2 is 1.78 bits per heavy atom. The van der Waals surface area contributed by atoms with Crippen LogP contribution in [-0.4, -0.2) is 48.7 Å². The molecule has 13 heteroatoms. The second-order valence-corrected chi connectivity index (χ2v) is 9.34. The number of hydrogen-bond acceptors (Lipinski definition) is 7. The number of nitrogens with zero attached hydrogens (tertiary/aromatic N) is 5. The van der Waals surface area contributed by atoms with Gasteiger partial charge in [0.25, 0.3) is 11.8 Å². The molecule has 3 aromatic rings. The van der Waals surface area contributed by atoms with Gasteiger partial charge < -0.3 is 10.2 Å². The first-order valence-corrected chi connectivity index (χ1v) is 11.3. The third-order valence-corrected chi connectivity index (χ3v) is 6.09. The summed E-state index contributed by atoms with van der Waals surface area (Å²) in [5.74, 6) is -0.818. The fourth-order valence-corrected chi connectivity index (χ4v) is 4.09. The first-order chi connectivity index (χ1) is 17.0. The molecule has 0 spiro atoms. The molecule has 36 heavy (non-hydrogen) atoms. The Morgan fingerprint density at radius 1 is 1.06 bits per heavy atom. The maximum absolute atomic E-state index is 13.2. The predicted octanol–water partition coefficient (Wildman–Crippen LogP) is 4.48. The molecule has 1 aliphatic rings. The summed E-state index contributed by atoms with van der Waals surface area (Å²) in [6, 6.07) is 7.60. The first-order valence-electron chi connectivity index (χ1n) is 10.5. The van der Waals surface area contributed by atoms with Gasteiger partial charge in [-0.1, -0.05) is 0 Å². The number of halogens is 3. The molecule has 0 saturated carbocycles. The van der Waals surface area contributed by atoms with Crippen molar-refractivity contribution in [3.8, 4) is 0 Å². The number of amides is 4. The van der Waals surface area contributed by atoms with Gasteiger partial charge >= 0.3 is 11.5 Å². The number of hydrogen-bond donors (Lipinski definition) is 1. The Bertz CT molecular complexity index is 1300. The van der Waals surface area contributed by atoms with Crippen LogP contribution in [-0.2, 0) is 11.3 Å². The molecule has 1 aromatic carbocycles. The van der Waals surface area contributed by atoms with Crippen LogP contribution in [0.2, 0.25) is 0 Å². The predicted molar refractivity (Wildman–Crippen MR) is 125 cm³/mol. The highest BCUT2D eigenvalue weighted by atomic mass is 32.2. The van der Waals surface area contributed by atoms with Crippen molar-refractivity contribution >= 4 is 41.1 Å². The van der Waals surface area contributed by atoms with E-state index in [1.54, 1.807) is 26.0 Å². The summed E-state index contributed by atoms with van der Waals surface area (Å²) in [5.41, 5.74) is -4.83. The van der Waals surface area contributed by atoms with Crippen LogP contribution < -0.4 is 10.2 Å². The van der Waals surface area contributed by atoms with Crippen LogP contribution in [0.5, 0.6) is 0 Å². The molecule has 9 nitrogen and oxygen atoms in total. The molecule has 186 valence electrons. The third kappa shape index (κ3) is 5.30. The average Bonchev–Trinajstić information content (AvgIpc) is 2.99. The number of urea groups is 1. The van der Waals surface area contributed by atoms with E-state index in [0.29, 0.717) is 5.56 Å². The fourth-order valence-electron chi connectivity index (χ4n) is 3.55. The lowest BCUT2D eigenvalue weighted by atomic mass is 10.0. The van der Waals surface area contributed by atoms with Crippen LogP contribution in [0.15, 0.2) is 66.1 Å². The van der Waals surface area contributed by atoms with E-state index in [-0.39, 0.29) is 40.4 Å². The number of alkyl halides is 3. The van der Waals surface area contributed by atoms with Crippen molar-refractivity contribution < 1.29 is 27.6 Å².